The number of ether oxygens (including phenoxy) is 1. The minimum absolute atomic E-state index is 0.00444. The third kappa shape index (κ3) is 3.61. The quantitative estimate of drug-likeness (QED) is 0.787. The molecule has 0 spiro atoms. The van der Waals surface area contributed by atoms with Crippen molar-refractivity contribution in [1.29, 1.82) is 0 Å². The Labute approximate surface area is 179 Å². The first-order chi connectivity index (χ1) is 14.4. The molecule has 1 aromatic rings. The van der Waals surface area contributed by atoms with Crippen LogP contribution in [0.25, 0.3) is 0 Å². The van der Waals surface area contributed by atoms with E-state index in [9.17, 15) is 9.59 Å². The second-order valence-electron chi connectivity index (χ2n) is 10.5. The maximum Gasteiger partial charge on any atom is 0.227 e. The summed E-state index contributed by atoms with van der Waals surface area (Å²) in [5, 5.41) is 3.29. The summed E-state index contributed by atoms with van der Waals surface area (Å²) in [6.07, 6.45) is 8.51. The third-order valence-electron chi connectivity index (χ3n) is 8.17. The van der Waals surface area contributed by atoms with Crippen molar-refractivity contribution >= 4 is 17.5 Å². The van der Waals surface area contributed by atoms with Crippen molar-refractivity contribution in [2.45, 2.75) is 77.4 Å². The molecule has 1 N–H and O–H groups in total. The third-order valence-corrected chi connectivity index (χ3v) is 8.17. The summed E-state index contributed by atoms with van der Waals surface area (Å²) in [5.74, 6) is 3.38. The van der Waals surface area contributed by atoms with E-state index in [4.69, 9.17) is 4.74 Å². The van der Waals surface area contributed by atoms with E-state index in [1.165, 1.54) is 38.5 Å². The first-order valence-electron chi connectivity index (χ1n) is 11.8. The number of fused-ring (bicyclic) bond motifs is 1. The van der Waals surface area contributed by atoms with Crippen molar-refractivity contribution in [1.82, 2.24) is 5.32 Å². The number of nitrogens with one attached hydrogen (secondary N) is 1. The van der Waals surface area contributed by atoms with Gasteiger partial charge in [0.25, 0.3) is 0 Å². The van der Waals surface area contributed by atoms with Crippen molar-refractivity contribution in [3.05, 3.63) is 24.3 Å². The average Bonchev–Trinajstić information content (AvgIpc) is 2.70. The lowest BCUT2D eigenvalue weighted by molar-refractivity contribution is -0.128. The molecule has 30 heavy (non-hydrogen) atoms. The smallest absolute Gasteiger partial charge is 0.227 e. The zero-order chi connectivity index (χ0) is 20.9. The van der Waals surface area contributed by atoms with Crippen LogP contribution < -0.4 is 15.0 Å². The number of rotatable bonds is 5. The molecule has 4 bridgehead atoms. The van der Waals surface area contributed by atoms with Gasteiger partial charge in [-0.15, -0.1) is 0 Å². The van der Waals surface area contributed by atoms with E-state index in [0.717, 1.165) is 29.2 Å². The van der Waals surface area contributed by atoms with Crippen LogP contribution in [0.15, 0.2) is 24.3 Å². The number of hydrogen-bond donors (Lipinski definition) is 1. The molecule has 2 amide bonds. The number of hydrogen-bond acceptors (Lipinski definition) is 3. The first-order valence-corrected chi connectivity index (χ1v) is 11.8. The number of nitrogens with zero attached hydrogens (tertiary/aromatic N) is 1. The predicted molar refractivity (Wildman–Crippen MR) is 116 cm³/mol. The average molecular weight is 411 g/mol. The lowest BCUT2D eigenvalue weighted by atomic mass is 9.48. The Hall–Kier alpha value is -2.04. The Morgan fingerprint density at radius 1 is 1.10 bits per heavy atom. The van der Waals surface area contributed by atoms with Crippen molar-refractivity contribution in [2.75, 3.05) is 11.4 Å². The Bertz CT molecular complexity index is 800. The highest BCUT2D eigenvalue weighted by Gasteiger charge is 2.53. The second-order valence-corrected chi connectivity index (χ2v) is 10.5. The van der Waals surface area contributed by atoms with E-state index in [1.54, 1.807) is 4.90 Å². The standard InChI is InChI=1S/C25H34N2O3/c1-16-15-27(21-5-3-4-6-22(21)30-16)24(29)8-7-23(28)26-17(2)25-12-18-9-19(13-25)11-20(10-18)14-25/h3-6,16-20H,7-15H2,1-2H3,(H,26,28)/t16-,17+,18?,19?,20?,25?/m0/s1. The molecule has 2 atom stereocenters. The van der Waals surface area contributed by atoms with Crippen LogP contribution in [0.2, 0.25) is 0 Å². The maximum absolute atomic E-state index is 12.9. The van der Waals surface area contributed by atoms with Crippen LogP contribution in [-0.2, 0) is 9.59 Å². The molecule has 0 aromatic heterocycles. The SMILES string of the molecule is C[C@H]1CN(C(=O)CCC(=O)N[C@H](C)C23CC4CC(CC(C4)C2)C3)c2ccccc2O1. The summed E-state index contributed by atoms with van der Waals surface area (Å²) in [6.45, 7) is 4.70. The number of carbonyl (C=O) groups excluding carboxylic acids is 2. The van der Waals surface area contributed by atoms with Gasteiger partial charge < -0.3 is 15.0 Å². The second kappa shape index (κ2) is 7.58. The van der Waals surface area contributed by atoms with Gasteiger partial charge in [-0.1, -0.05) is 12.1 Å². The topological polar surface area (TPSA) is 58.6 Å². The normalized spacial score (nSPS) is 34.8. The Balaban J connectivity index is 1.17. The van der Waals surface area contributed by atoms with Gasteiger partial charge in [0.2, 0.25) is 11.8 Å². The maximum atomic E-state index is 12.9. The number of para-hydroxylation sites is 2. The molecule has 0 saturated heterocycles. The van der Waals surface area contributed by atoms with Crippen LogP contribution in [0, 0.1) is 23.2 Å². The minimum atomic E-state index is -0.0474. The van der Waals surface area contributed by atoms with Crippen LogP contribution >= 0.6 is 0 Å². The van der Waals surface area contributed by atoms with Gasteiger partial charge in [-0.25, -0.2) is 0 Å². The van der Waals surface area contributed by atoms with Gasteiger partial charge in [0.05, 0.1) is 12.2 Å². The molecule has 6 rings (SSSR count). The van der Waals surface area contributed by atoms with Crippen LogP contribution in [0.4, 0.5) is 5.69 Å². The largest absolute Gasteiger partial charge is 0.487 e. The van der Waals surface area contributed by atoms with E-state index in [0.29, 0.717) is 12.0 Å². The molecule has 1 aromatic carbocycles. The highest BCUT2D eigenvalue weighted by atomic mass is 16.5. The Kier molecular flexibility index (Phi) is 5.03. The highest BCUT2D eigenvalue weighted by Crippen LogP contribution is 2.61. The van der Waals surface area contributed by atoms with Crippen LogP contribution in [-0.4, -0.2) is 30.5 Å². The lowest BCUT2D eigenvalue weighted by Crippen LogP contribution is -2.55. The molecule has 5 nitrogen and oxygen atoms in total. The number of anilines is 1. The van der Waals surface area contributed by atoms with Crippen molar-refractivity contribution in [3.63, 3.8) is 0 Å². The van der Waals surface area contributed by atoms with Gasteiger partial charge in [-0.05, 0) is 87.7 Å². The summed E-state index contributed by atoms with van der Waals surface area (Å²) in [6, 6.07) is 7.84. The van der Waals surface area contributed by atoms with E-state index in [-0.39, 0.29) is 36.8 Å². The summed E-state index contributed by atoms with van der Waals surface area (Å²) in [4.78, 5) is 27.4. The lowest BCUT2D eigenvalue weighted by Gasteiger charge is -2.59. The number of amides is 2. The summed E-state index contributed by atoms with van der Waals surface area (Å²) in [5.41, 5.74) is 1.11. The van der Waals surface area contributed by atoms with Crippen LogP contribution in [0.1, 0.15) is 65.2 Å². The first kappa shape index (κ1) is 19.9. The molecule has 5 heteroatoms. The zero-order valence-electron chi connectivity index (χ0n) is 18.2. The highest BCUT2D eigenvalue weighted by molar-refractivity contribution is 5.97. The fourth-order valence-electron chi connectivity index (χ4n) is 7.16. The molecule has 1 aliphatic heterocycles. The fourth-order valence-corrected chi connectivity index (χ4v) is 7.16. The number of benzene rings is 1. The fraction of sp³-hybridized carbons (Fsp3) is 0.680. The van der Waals surface area contributed by atoms with Gasteiger partial charge in [0.1, 0.15) is 11.9 Å². The molecular formula is C25H34N2O3. The van der Waals surface area contributed by atoms with Crippen LogP contribution in [0.5, 0.6) is 5.75 Å². The summed E-state index contributed by atoms with van der Waals surface area (Å²) < 4.78 is 5.83. The monoisotopic (exact) mass is 410 g/mol. The van der Waals surface area contributed by atoms with Gasteiger partial charge >= 0.3 is 0 Å². The van der Waals surface area contributed by atoms with Gasteiger partial charge in [-0.3, -0.25) is 9.59 Å². The van der Waals surface area contributed by atoms with E-state index in [2.05, 4.69) is 12.2 Å². The van der Waals surface area contributed by atoms with Gasteiger partial charge in [0, 0.05) is 18.9 Å². The molecule has 4 fully saturated rings. The molecule has 162 valence electrons. The van der Waals surface area contributed by atoms with Gasteiger partial charge in [0.15, 0.2) is 0 Å². The molecule has 4 aliphatic carbocycles. The van der Waals surface area contributed by atoms with E-state index in [1.807, 2.05) is 31.2 Å². The Morgan fingerprint density at radius 2 is 1.73 bits per heavy atom. The van der Waals surface area contributed by atoms with Crippen molar-refractivity contribution in [2.24, 2.45) is 23.2 Å². The number of carbonyl (C=O) groups is 2. The zero-order valence-corrected chi connectivity index (χ0v) is 18.2. The summed E-state index contributed by atoms with van der Waals surface area (Å²) >= 11 is 0. The van der Waals surface area contributed by atoms with E-state index < -0.39 is 0 Å². The van der Waals surface area contributed by atoms with Crippen LogP contribution in [0.3, 0.4) is 0 Å². The Morgan fingerprint density at radius 3 is 2.40 bits per heavy atom. The van der Waals surface area contributed by atoms with Crippen molar-refractivity contribution < 1.29 is 14.3 Å². The predicted octanol–water partition coefficient (Wildman–Crippen LogP) is 4.30. The van der Waals surface area contributed by atoms with E-state index >= 15 is 0 Å². The van der Waals surface area contributed by atoms with Crippen molar-refractivity contribution in [3.8, 4) is 5.75 Å². The molecule has 4 saturated carbocycles. The molecular weight excluding hydrogens is 376 g/mol. The minimum Gasteiger partial charge on any atom is -0.487 e. The van der Waals surface area contributed by atoms with Gasteiger partial charge in [-0.2, -0.15) is 0 Å². The molecule has 0 unspecified atom stereocenters. The molecule has 1 heterocycles. The molecule has 0 radical (unpaired) electrons. The molecule has 5 aliphatic rings. The summed E-state index contributed by atoms with van der Waals surface area (Å²) in [7, 11) is 0.